The zero-order valence-electron chi connectivity index (χ0n) is 18.1. The minimum atomic E-state index is -0.663. The van der Waals surface area contributed by atoms with Crippen LogP contribution in [0, 0.1) is 6.92 Å². The van der Waals surface area contributed by atoms with Crippen LogP contribution in [-0.4, -0.2) is 54.8 Å². The SMILES string of the molecule is CCOC(=O)c1c(NC(=O)COC(=O)CSc2nc3ccccc3o2)sc(C(=O)NC)c1C. The number of aromatic nitrogens is 1. The Morgan fingerprint density at radius 2 is 1.94 bits per heavy atom. The minimum Gasteiger partial charge on any atom is -0.462 e. The Balaban J connectivity index is 1.58. The van der Waals surface area contributed by atoms with Gasteiger partial charge in [0.25, 0.3) is 17.0 Å². The van der Waals surface area contributed by atoms with Crippen molar-refractivity contribution in [2.45, 2.75) is 19.1 Å². The van der Waals surface area contributed by atoms with Crippen LogP contribution in [0.2, 0.25) is 0 Å². The molecule has 3 aromatic rings. The second kappa shape index (κ2) is 11.0. The number of amides is 2. The molecule has 2 amide bonds. The lowest BCUT2D eigenvalue weighted by molar-refractivity contribution is -0.144. The van der Waals surface area contributed by atoms with E-state index >= 15 is 0 Å². The van der Waals surface area contributed by atoms with Crippen molar-refractivity contribution in [1.29, 1.82) is 0 Å². The molecule has 0 fully saturated rings. The number of rotatable bonds is 9. The molecule has 174 valence electrons. The topological polar surface area (TPSA) is 137 Å². The van der Waals surface area contributed by atoms with Gasteiger partial charge < -0.3 is 24.5 Å². The van der Waals surface area contributed by atoms with Gasteiger partial charge in [0.15, 0.2) is 12.2 Å². The van der Waals surface area contributed by atoms with Crippen LogP contribution >= 0.6 is 23.1 Å². The average Bonchev–Trinajstić information content (AvgIpc) is 3.36. The fourth-order valence-corrected chi connectivity index (χ4v) is 4.56. The summed E-state index contributed by atoms with van der Waals surface area (Å²) in [5.74, 6) is -2.47. The number of carbonyl (C=O) groups excluding carboxylic acids is 4. The van der Waals surface area contributed by atoms with Crippen molar-refractivity contribution >= 4 is 63.0 Å². The minimum absolute atomic E-state index is 0.0895. The number of fused-ring (bicyclic) bond motifs is 1. The number of nitrogens with one attached hydrogen (secondary N) is 2. The highest BCUT2D eigenvalue weighted by molar-refractivity contribution is 7.99. The summed E-state index contributed by atoms with van der Waals surface area (Å²) in [5.41, 5.74) is 1.76. The summed E-state index contributed by atoms with van der Waals surface area (Å²) in [6.45, 7) is 2.80. The standard InChI is InChI=1S/C21H21N3O7S2/c1-4-29-20(28)16-11(2)17(18(27)22-3)33-19(16)24-14(25)9-30-15(26)10-32-21-23-12-7-5-6-8-13(12)31-21/h5-8H,4,9-10H2,1-3H3,(H,22,27)(H,24,25). The van der Waals surface area contributed by atoms with E-state index in [-0.39, 0.29) is 27.8 Å². The Kier molecular flexibility index (Phi) is 8.06. The molecular weight excluding hydrogens is 470 g/mol. The lowest BCUT2D eigenvalue weighted by Crippen LogP contribution is -2.22. The van der Waals surface area contributed by atoms with Gasteiger partial charge in [0.1, 0.15) is 16.3 Å². The average molecular weight is 492 g/mol. The predicted octanol–water partition coefficient (Wildman–Crippen LogP) is 3.01. The van der Waals surface area contributed by atoms with Gasteiger partial charge in [-0.3, -0.25) is 14.4 Å². The third kappa shape index (κ3) is 5.90. The molecule has 3 rings (SSSR count). The number of hydrogen-bond donors (Lipinski definition) is 2. The highest BCUT2D eigenvalue weighted by atomic mass is 32.2. The lowest BCUT2D eigenvalue weighted by atomic mass is 10.1. The quantitative estimate of drug-likeness (QED) is 0.342. The molecule has 10 nitrogen and oxygen atoms in total. The number of hydrogen-bond acceptors (Lipinski definition) is 10. The molecule has 0 aliphatic carbocycles. The van der Waals surface area contributed by atoms with E-state index < -0.39 is 30.4 Å². The second-order valence-electron chi connectivity index (χ2n) is 6.50. The monoisotopic (exact) mass is 491 g/mol. The van der Waals surface area contributed by atoms with Crippen LogP contribution in [0.15, 0.2) is 33.9 Å². The van der Waals surface area contributed by atoms with Crippen LogP contribution in [0.25, 0.3) is 11.1 Å². The van der Waals surface area contributed by atoms with Crippen LogP contribution < -0.4 is 10.6 Å². The van der Waals surface area contributed by atoms with Gasteiger partial charge >= 0.3 is 11.9 Å². The van der Waals surface area contributed by atoms with Gasteiger partial charge in [-0.15, -0.1) is 11.3 Å². The Hall–Kier alpha value is -3.38. The summed E-state index contributed by atoms with van der Waals surface area (Å²) in [7, 11) is 1.46. The van der Waals surface area contributed by atoms with Gasteiger partial charge in [-0.05, 0) is 31.5 Å². The molecule has 1 aromatic carbocycles. The maximum Gasteiger partial charge on any atom is 0.341 e. The molecule has 2 heterocycles. The van der Waals surface area contributed by atoms with E-state index in [1.807, 2.05) is 12.1 Å². The molecule has 0 radical (unpaired) electrons. The van der Waals surface area contributed by atoms with Crippen LogP contribution in [-0.2, 0) is 19.1 Å². The summed E-state index contributed by atoms with van der Waals surface area (Å²) in [4.78, 5) is 53.3. The van der Waals surface area contributed by atoms with E-state index in [0.717, 1.165) is 23.1 Å². The van der Waals surface area contributed by atoms with Crippen molar-refractivity contribution in [1.82, 2.24) is 10.3 Å². The highest BCUT2D eigenvalue weighted by Crippen LogP contribution is 2.33. The lowest BCUT2D eigenvalue weighted by Gasteiger charge is -2.07. The number of esters is 2. The molecule has 0 unspecified atom stereocenters. The van der Waals surface area contributed by atoms with Crippen LogP contribution in [0.4, 0.5) is 5.00 Å². The molecule has 0 bridgehead atoms. The Morgan fingerprint density at radius 3 is 2.64 bits per heavy atom. The normalized spacial score (nSPS) is 10.6. The number of para-hydroxylation sites is 2. The summed E-state index contributed by atoms with van der Waals surface area (Å²) >= 11 is 1.98. The molecule has 12 heteroatoms. The summed E-state index contributed by atoms with van der Waals surface area (Å²) in [5, 5.41) is 5.46. The molecule has 0 saturated heterocycles. The number of carbonyl (C=O) groups is 4. The van der Waals surface area contributed by atoms with Gasteiger partial charge in [0, 0.05) is 7.05 Å². The van der Waals surface area contributed by atoms with Gasteiger partial charge in [0.2, 0.25) is 0 Å². The third-order valence-electron chi connectivity index (χ3n) is 4.26. The third-order valence-corrected chi connectivity index (χ3v) is 6.27. The van der Waals surface area contributed by atoms with Crippen molar-refractivity contribution < 1.29 is 33.1 Å². The van der Waals surface area contributed by atoms with Crippen molar-refractivity contribution in [3.8, 4) is 0 Å². The van der Waals surface area contributed by atoms with Gasteiger partial charge in [-0.25, -0.2) is 9.78 Å². The Morgan fingerprint density at radius 1 is 1.18 bits per heavy atom. The van der Waals surface area contributed by atoms with E-state index in [4.69, 9.17) is 13.9 Å². The molecule has 0 spiro atoms. The molecular formula is C21H21N3O7S2. The fourth-order valence-electron chi connectivity index (χ4n) is 2.76. The Bertz CT molecular complexity index is 1170. The Labute approximate surface area is 197 Å². The first-order chi connectivity index (χ1) is 15.8. The van der Waals surface area contributed by atoms with Crippen molar-refractivity contribution in [2.75, 3.05) is 31.3 Å². The zero-order chi connectivity index (χ0) is 24.0. The van der Waals surface area contributed by atoms with Crippen LogP contribution in [0.3, 0.4) is 0 Å². The highest BCUT2D eigenvalue weighted by Gasteiger charge is 2.26. The summed E-state index contributed by atoms with van der Waals surface area (Å²) < 4.78 is 15.5. The molecule has 33 heavy (non-hydrogen) atoms. The van der Waals surface area contributed by atoms with Crippen molar-refractivity contribution in [2.24, 2.45) is 0 Å². The number of oxazole rings is 1. The number of ether oxygens (including phenoxy) is 2. The van der Waals surface area contributed by atoms with Crippen LogP contribution in [0.5, 0.6) is 0 Å². The molecule has 0 aliphatic rings. The molecule has 2 aromatic heterocycles. The molecule has 0 aliphatic heterocycles. The first kappa shape index (κ1) is 24.3. The van der Waals surface area contributed by atoms with Gasteiger partial charge in [0.05, 0.1) is 17.0 Å². The van der Waals surface area contributed by atoms with E-state index in [1.54, 1.807) is 26.0 Å². The first-order valence-corrected chi connectivity index (χ1v) is 11.6. The van der Waals surface area contributed by atoms with Gasteiger partial charge in [-0.1, -0.05) is 23.9 Å². The number of thiophene rings is 1. The van der Waals surface area contributed by atoms with E-state index in [9.17, 15) is 19.2 Å². The van der Waals surface area contributed by atoms with Gasteiger partial charge in [-0.2, -0.15) is 0 Å². The number of anilines is 1. The zero-order valence-corrected chi connectivity index (χ0v) is 19.7. The van der Waals surface area contributed by atoms with Crippen molar-refractivity contribution in [3.63, 3.8) is 0 Å². The van der Waals surface area contributed by atoms with E-state index in [2.05, 4.69) is 15.6 Å². The summed E-state index contributed by atoms with van der Waals surface area (Å²) in [6, 6.07) is 7.19. The first-order valence-electron chi connectivity index (χ1n) is 9.80. The summed E-state index contributed by atoms with van der Waals surface area (Å²) in [6.07, 6.45) is 0. The largest absolute Gasteiger partial charge is 0.462 e. The predicted molar refractivity (Wildman–Crippen MR) is 123 cm³/mol. The number of nitrogens with zero attached hydrogens (tertiary/aromatic N) is 1. The van der Waals surface area contributed by atoms with E-state index in [1.165, 1.54) is 7.05 Å². The maximum absolute atomic E-state index is 12.3. The number of thioether (sulfide) groups is 1. The second-order valence-corrected chi connectivity index (χ2v) is 8.45. The fraction of sp³-hybridized carbons (Fsp3) is 0.286. The van der Waals surface area contributed by atoms with Crippen molar-refractivity contribution in [3.05, 3.63) is 40.3 Å². The van der Waals surface area contributed by atoms with E-state index in [0.29, 0.717) is 21.9 Å². The smallest absolute Gasteiger partial charge is 0.341 e. The molecule has 0 atom stereocenters. The molecule has 0 saturated carbocycles. The molecule has 2 N–H and O–H groups in total. The maximum atomic E-state index is 12.3. The number of benzene rings is 1. The van der Waals surface area contributed by atoms with Crippen LogP contribution in [0.1, 0.15) is 32.5 Å².